The smallest absolute Gasteiger partial charge is 0.0885 e. The highest BCUT2D eigenvalue weighted by molar-refractivity contribution is 5.13. The lowest BCUT2D eigenvalue weighted by molar-refractivity contribution is 0.197. The molecule has 4 nitrogen and oxygen atoms in total. The van der Waals surface area contributed by atoms with Gasteiger partial charge in [0.1, 0.15) is 0 Å². The summed E-state index contributed by atoms with van der Waals surface area (Å²) in [7, 11) is 1.97. The van der Waals surface area contributed by atoms with Crippen molar-refractivity contribution in [3.8, 4) is 0 Å². The second-order valence-electron chi connectivity index (χ2n) is 3.92. The highest BCUT2D eigenvalue weighted by Gasteiger charge is 2.22. The fraction of sp³-hybridized carbons (Fsp3) is 0.778. The van der Waals surface area contributed by atoms with Crippen molar-refractivity contribution in [3.05, 3.63) is 11.4 Å². The zero-order chi connectivity index (χ0) is 9.42. The first kappa shape index (κ1) is 8.69. The lowest BCUT2D eigenvalue weighted by Gasteiger charge is -2.29. The molecule has 0 atom stereocenters. The molecular weight excluding hydrogens is 164 g/mol. The van der Waals surface area contributed by atoms with Crippen LogP contribution in [0.3, 0.4) is 0 Å². The Morgan fingerprint density at radius 1 is 1.38 bits per heavy atom. The quantitative estimate of drug-likeness (QED) is 0.634. The van der Waals surface area contributed by atoms with Crippen LogP contribution in [0.1, 0.15) is 25.2 Å². The predicted octanol–water partition coefficient (Wildman–Crippen LogP) is 0.582. The Kier molecular flexibility index (Phi) is 2.07. The Hall–Kier alpha value is -0.900. The number of nitrogens with zero attached hydrogens (tertiary/aromatic N) is 4. The number of fused-ring (bicyclic) bond motifs is 1. The summed E-state index contributed by atoms with van der Waals surface area (Å²) in [6.45, 7) is 6.57. The topological polar surface area (TPSA) is 34.0 Å². The monoisotopic (exact) mass is 180 g/mol. The summed E-state index contributed by atoms with van der Waals surface area (Å²) < 4.78 is 1.89. The molecule has 0 radical (unpaired) electrons. The van der Waals surface area contributed by atoms with Gasteiger partial charge in [0.25, 0.3) is 0 Å². The third-order valence-electron chi connectivity index (χ3n) is 2.74. The van der Waals surface area contributed by atoms with Gasteiger partial charge in [-0.15, -0.1) is 5.10 Å². The first-order valence-corrected chi connectivity index (χ1v) is 4.80. The van der Waals surface area contributed by atoms with E-state index in [1.807, 2.05) is 11.7 Å². The summed E-state index contributed by atoms with van der Waals surface area (Å²) in [6.07, 6.45) is 1.04. The molecule has 0 unspecified atom stereocenters. The van der Waals surface area contributed by atoms with Crippen molar-refractivity contribution >= 4 is 0 Å². The van der Waals surface area contributed by atoms with Crippen molar-refractivity contribution in [1.82, 2.24) is 19.9 Å². The summed E-state index contributed by atoms with van der Waals surface area (Å²) in [6, 6.07) is 0.614. The van der Waals surface area contributed by atoms with E-state index in [0.717, 1.165) is 19.5 Å². The molecule has 13 heavy (non-hydrogen) atoms. The maximum atomic E-state index is 4.14. The van der Waals surface area contributed by atoms with Crippen LogP contribution in [0, 0.1) is 0 Å². The number of rotatable bonds is 1. The minimum Gasteiger partial charge on any atom is -0.295 e. The van der Waals surface area contributed by atoms with Crippen LogP contribution in [0.2, 0.25) is 0 Å². The van der Waals surface area contributed by atoms with Crippen LogP contribution in [0.15, 0.2) is 0 Å². The lowest BCUT2D eigenvalue weighted by atomic mass is 10.1. The van der Waals surface area contributed by atoms with E-state index in [2.05, 4.69) is 29.1 Å². The third-order valence-corrected chi connectivity index (χ3v) is 2.74. The molecule has 0 spiro atoms. The summed E-state index contributed by atoms with van der Waals surface area (Å²) in [4.78, 5) is 2.45. The van der Waals surface area contributed by atoms with Gasteiger partial charge >= 0.3 is 0 Å². The number of aryl methyl sites for hydroxylation is 1. The number of aromatic nitrogens is 3. The average Bonchev–Trinajstić information content (AvgIpc) is 2.47. The molecule has 0 bridgehead atoms. The SMILES string of the molecule is CC(C)N1CCc2nnn(C)c2C1. The van der Waals surface area contributed by atoms with Crippen LogP contribution in [0.5, 0.6) is 0 Å². The second-order valence-corrected chi connectivity index (χ2v) is 3.92. The minimum absolute atomic E-state index is 0.614. The molecule has 0 aromatic carbocycles. The van der Waals surface area contributed by atoms with E-state index in [-0.39, 0.29) is 0 Å². The Bertz CT molecular complexity index is 303. The lowest BCUT2D eigenvalue weighted by Crippen LogP contribution is -2.36. The van der Waals surface area contributed by atoms with Crippen LogP contribution >= 0.6 is 0 Å². The number of hydrogen-bond acceptors (Lipinski definition) is 3. The molecular formula is C9H16N4. The summed E-state index contributed by atoms with van der Waals surface area (Å²) >= 11 is 0. The third kappa shape index (κ3) is 1.46. The normalized spacial score (nSPS) is 17.8. The molecule has 0 saturated carbocycles. The molecule has 72 valence electrons. The molecule has 1 aromatic heterocycles. The van der Waals surface area contributed by atoms with Gasteiger partial charge in [0.2, 0.25) is 0 Å². The van der Waals surface area contributed by atoms with E-state index in [1.165, 1.54) is 11.4 Å². The Labute approximate surface area is 78.5 Å². The minimum atomic E-state index is 0.614. The van der Waals surface area contributed by atoms with Crippen LogP contribution in [0.25, 0.3) is 0 Å². The van der Waals surface area contributed by atoms with Crippen molar-refractivity contribution in [1.29, 1.82) is 0 Å². The molecule has 4 heteroatoms. The molecule has 2 heterocycles. The van der Waals surface area contributed by atoms with E-state index >= 15 is 0 Å². The summed E-state index contributed by atoms with van der Waals surface area (Å²) in [5.41, 5.74) is 2.46. The fourth-order valence-electron chi connectivity index (χ4n) is 1.77. The molecule has 1 aliphatic heterocycles. The Morgan fingerprint density at radius 2 is 2.15 bits per heavy atom. The zero-order valence-electron chi connectivity index (χ0n) is 8.49. The first-order chi connectivity index (χ1) is 6.18. The molecule has 1 aliphatic rings. The number of hydrogen-bond donors (Lipinski definition) is 0. The van der Waals surface area contributed by atoms with Crippen molar-refractivity contribution in [2.75, 3.05) is 6.54 Å². The molecule has 0 saturated heterocycles. The van der Waals surface area contributed by atoms with Crippen LogP contribution < -0.4 is 0 Å². The summed E-state index contributed by atoms with van der Waals surface area (Å²) in [5, 5.41) is 8.17. The average molecular weight is 180 g/mol. The van der Waals surface area contributed by atoms with Gasteiger partial charge in [-0.05, 0) is 13.8 Å². The van der Waals surface area contributed by atoms with E-state index < -0.39 is 0 Å². The van der Waals surface area contributed by atoms with Gasteiger partial charge in [-0.25, -0.2) is 0 Å². The summed E-state index contributed by atoms with van der Waals surface area (Å²) in [5.74, 6) is 0. The fourth-order valence-corrected chi connectivity index (χ4v) is 1.77. The van der Waals surface area contributed by atoms with Gasteiger partial charge in [-0.3, -0.25) is 9.58 Å². The van der Waals surface area contributed by atoms with Gasteiger partial charge in [0.05, 0.1) is 11.4 Å². The zero-order valence-corrected chi connectivity index (χ0v) is 8.49. The van der Waals surface area contributed by atoms with Crippen molar-refractivity contribution in [3.63, 3.8) is 0 Å². The second kappa shape index (κ2) is 3.10. The highest BCUT2D eigenvalue weighted by Crippen LogP contribution is 2.17. The maximum Gasteiger partial charge on any atom is 0.0885 e. The maximum absolute atomic E-state index is 4.14. The Balaban J connectivity index is 2.22. The van der Waals surface area contributed by atoms with E-state index in [0.29, 0.717) is 6.04 Å². The molecule has 0 N–H and O–H groups in total. The molecule has 0 amide bonds. The molecule has 0 fully saturated rings. The van der Waals surface area contributed by atoms with Gasteiger partial charge < -0.3 is 0 Å². The van der Waals surface area contributed by atoms with Gasteiger partial charge in [0.15, 0.2) is 0 Å². The van der Waals surface area contributed by atoms with Gasteiger partial charge in [-0.2, -0.15) is 0 Å². The first-order valence-electron chi connectivity index (χ1n) is 4.80. The predicted molar refractivity (Wildman–Crippen MR) is 50.3 cm³/mol. The molecule has 2 rings (SSSR count). The molecule has 1 aromatic rings. The van der Waals surface area contributed by atoms with Gasteiger partial charge in [0, 0.05) is 32.6 Å². The van der Waals surface area contributed by atoms with Crippen molar-refractivity contribution < 1.29 is 0 Å². The largest absolute Gasteiger partial charge is 0.295 e. The van der Waals surface area contributed by atoms with Gasteiger partial charge in [-0.1, -0.05) is 5.21 Å². The van der Waals surface area contributed by atoms with Crippen molar-refractivity contribution in [2.24, 2.45) is 7.05 Å². The van der Waals surface area contributed by atoms with E-state index in [4.69, 9.17) is 0 Å². The van der Waals surface area contributed by atoms with Crippen LogP contribution in [-0.2, 0) is 20.0 Å². The van der Waals surface area contributed by atoms with E-state index in [1.54, 1.807) is 0 Å². The van der Waals surface area contributed by atoms with Crippen LogP contribution in [0.4, 0.5) is 0 Å². The highest BCUT2D eigenvalue weighted by atomic mass is 15.4. The van der Waals surface area contributed by atoms with Crippen molar-refractivity contribution in [2.45, 2.75) is 32.9 Å². The standard InChI is InChI=1S/C9H16N4/c1-7(2)13-5-4-8-9(6-13)12(3)11-10-8/h7H,4-6H2,1-3H3. The van der Waals surface area contributed by atoms with E-state index in [9.17, 15) is 0 Å². The van der Waals surface area contributed by atoms with Crippen LogP contribution in [-0.4, -0.2) is 32.5 Å². The Morgan fingerprint density at radius 3 is 2.85 bits per heavy atom. The molecule has 0 aliphatic carbocycles.